The number of para-hydroxylation sites is 1. The first kappa shape index (κ1) is 20.5. The van der Waals surface area contributed by atoms with Gasteiger partial charge in [-0.05, 0) is 30.2 Å². The zero-order valence-electron chi connectivity index (χ0n) is 16.5. The lowest BCUT2D eigenvalue weighted by Crippen LogP contribution is -2.14. The zero-order valence-corrected chi connectivity index (χ0v) is 17.2. The van der Waals surface area contributed by atoms with Gasteiger partial charge >= 0.3 is 0 Å². The van der Waals surface area contributed by atoms with E-state index in [1.54, 1.807) is 37.2 Å². The molecule has 1 amide bonds. The molecule has 0 saturated heterocycles. The van der Waals surface area contributed by atoms with Crippen LogP contribution in [0.1, 0.15) is 18.1 Å². The lowest BCUT2D eigenvalue weighted by Gasteiger charge is -2.14. The van der Waals surface area contributed by atoms with Crippen LogP contribution >= 0.6 is 11.6 Å². The molecule has 0 radical (unpaired) electrons. The average molecular weight is 412 g/mol. The number of allylic oxidation sites excluding steroid dienone is 1. The van der Waals surface area contributed by atoms with Crippen molar-refractivity contribution in [3.8, 4) is 11.5 Å². The number of benzene rings is 2. The summed E-state index contributed by atoms with van der Waals surface area (Å²) < 4.78 is 12.5. The van der Waals surface area contributed by atoms with Gasteiger partial charge in [0, 0.05) is 22.7 Å². The van der Waals surface area contributed by atoms with Crippen LogP contribution in [0.15, 0.2) is 60.8 Å². The molecular weight excluding hydrogens is 390 g/mol. The van der Waals surface area contributed by atoms with E-state index in [4.69, 9.17) is 21.1 Å². The number of methoxy groups -OCH3 is 2. The molecule has 1 aromatic heterocycles. The zero-order chi connectivity index (χ0) is 20.8. The normalized spacial score (nSPS) is 11.2. The number of anilines is 1. The van der Waals surface area contributed by atoms with Gasteiger partial charge in [-0.15, -0.1) is 0 Å². The summed E-state index contributed by atoms with van der Waals surface area (Å²) in [6, 6.07) is 14.8. The number of carbonyl (C=O) groups excluding carboxylic acids is 1. The first-order valence-electron chi connectivity index (χ1n) is 8.99. The van der Waals surface area contributed by atoms with Crippen LogP contribution in [-0.4, -0.2) is 29.9 Å². The summed E-state index contributed by atoms with van der Waals surface area (Å²) in [6.45, 7) is 2.26. The Bertz CT molecular complexity index is 1040. The monoisotopic (exact) mass is 411 g/mol. The summed E-state index contributed by atoms with van der Waals surface area (Å²) >= 11 is 6.21. The number of aromatic nitrogens is 2. The molecule has 2 aromatic carbocycles. The summed E-state index contributed by atoms with van der Waals surface area (Å²) in [5, 5.41) is 7.78. The van der Waals surface area contributed by atoms with Gasteiger partial charge in [-0.2, -0.15) is 5.10 Å². The number of nitrogens with one attached hydrogen (secondary N) is 1. The van der Waals surface area contributed by atoms with Crippen LogP contribution in [0.25, 0.3) is 5.57 Å². The molecule has 150 valence electrons. The molecule has 0 spiro atoms. The van der Waals surface area contributed by atoms with Crippen molar-refractivity contribution in [3.63, 3.8) is 0 Å². The Morgan fingerprint density at radius 2 is 1.93 bits per heavy atom. The topological polar surface area (TPSA) is 65.4 Å². The van der Waals surface area contributed by atoms with Crippen molar-refractivity contribution >= 4 is 28.9 Å². The second-order valence-electron chi connectivity index (χ2n) is 6.32. The Hall–Kier alpha value is -3.25. The molecule has 1 N–H and O–H groups in total. The Kier molecular flexibility index (Phi) is 6.57. The minimum Gasteiger partial charge on any atom is -0.493 e. The summed E-state index contributed by atoms with van der Waals surface area (Å²) in [5.41, 5.74) is 2.47. The van der Waals surface area contributed by atoms with Crippen LogP contribution in [0.3, 0.4) is 0 Å². The SMILES string of the molecule is COc1cccc(Cn2nccc2NC(=O)C=C(C)c2ccccc2Cl)c1OC. The fourth-order valence-electron chi connectivity index (χ4n) is 3.02. The van der Waals surface area contributed by atoms with Gasteiger partial charge in [0.25, 0.3) is 0 Å². The number of ether oxygens (including phenoxy) is 2. The minimum absolute atomic E-state index is 0.262. The number of halogens is 1. The molecule has 0 unspecified atom stereocenters. The van der Waals surface area contributed by atoms with E-state index >= 15 is 0 Å². The highest BCUT2D eigenvalue weighted by atomic mass is 35.5. The van der Waals surface area contributed by atoms with Crippen LogP contribution in [0.5, 0.6) is 11.5 Å². The fourth-order valence-corrected chi connectivity index (χ4v) is 3.31. The van der Waals surface area contributed by atoms with Gasteiger partial charge in [0.05, 0.1) is 27.0 Å². The maximum absolute atomic E-state index is 12.5. The summed E-state index contributed by atoms with van der Waals surface area (Å²) in [7, 11) is 3.18. The molecule has 3 rings (SSSR count). The summed E-state index contributed by atoms with van der Waals surface area (Å²) in [6.07, 6.45) is 3.15. The molecule has 0 atom stereocenters. The molecule has 0 fully saturated rings. The number of amides is 1. The van der Waals surface area contributed by atoms with E-state index < -0.39 is 0 Å². The second kappa shape index (κ2) is 9.30. The lowest BCUT2D eigenvalue weighted by molar-refractivity contribution is -0.111. The smallest absolute Gasteiger partial charge is 0.249 e. The average Bonchev–Trinajstić information content (AvgIpc) is 3.14. The van der Waals surface area contributed by atoms with Crippen molar-refractivity contribution in [2.45, 2.75) is 13.5 Å². The molecule has 6 nitrogen and oxygen atoms in total. The van der Waals surface area contributed by atoms with Gasteiger partial charge < -0.3 is 14.8 Å². The van der Waals surface area contributed by atoms with E-state index in [0.29, 0.717) is 28.9 Å². The third kappa shape index (κ3) is 4.78. The highest BCUT2D eigenvalue weighted by molar-refractivity contribution is 6.32. The Labute approximate surface area is 174 Å². The molecule has 0 aliphatic rings. The van der Waals surface area contributed by atoms with Gasteiger partial charge in [-0.1, -0.05) is 41.9 Å². The quantitative estimate of drug-likeness (QED) is 0.575. The van der Waals surface area contributed by atoms with Crippen molar-refractivity contribution in [2.24, 2.45) is 0 Å². The number of rotatable bonds is 7. The number of hydrogen-bond acceptors (Lipinski definition) is 4. The van der Waals surface area contributed by atoms with Crippen LogP contribution in [-0.2, 0) is 11.3 Å². The maximum Gasteiger partial charge on any atom is 0.249 e. The molecule has 0 saturated carbocycles. The van der Waals surface area contributed by atoms with Gasteiger partial charge in [0.2, 0.25) is 5.91 Å². The van der Waals surface area contributed by atoms with Crippen LogP contribution < -0.4 is 14.8 Å². The minimum atomic E-state index is -0.262. The Morgan fingerprint density at radius 3 is 2.66 bits per heavy atom. The van der Waals surface area contributed by atoms with E-state index in [2.05, 4.69) is 10.4 Å². The van der Waals surface area contributed by atoms with Crippen molar-refractivity contribution in [2.75, 3.05) is 19.5 Å². The number of nitrogens with zero attached hydrogens (tertiary/aromatic N) is 2. The van der Waals surface area contributed by atoms with Crippen LogP contribution in [0.4, 0.5) is 5.82 Å². The standard InChI is InChI=1S/C22H22ClN3O3/c1-15(17-8-4-5-9-18(17)23)13-21(27)25-20-11-12-24-26(20)14-16-7-6-10-19(28-2)22(16)29-3/h4-13H,14H2,1-3H3,(H,25,27). The summed E-state index contributed by atoms with van der Waals surface area (Å²) in [5.74, 6) is 1.59. The third-order valence-corrected chi connectivity index (χ3v) is 4.75. The molecule has 0 aliphatic carbocycles. The first-order valence-corrected chi connectivity index (χ1v) is 9.37. The molecular formula is C22H22ClN3O3. The molecule has 1 heterocycles. The van der Waals surface area contributed by atoms with E-state index in [0.717, 1.165) is 16.7 Å². The first-order chi connectivity index (χ1) is 14.0. The molecule has 7 heteroatoms. The fraction of sp³-hybridized carbons (Fsp3) is 0.182. The highest BCUT2D eigenvalue weighted by Gasteiger charge is 2.13. The molecule has 0 aliphatic heterocycles. The van der Waals surface area contributed by atoms with E-state index in [-0.39, 0.29) is 5.91 Å². The predicted molar refractivity (Wildman–Crippen MR) is 115 cm³/mol. The maximum atomic E-state index is 12.5. The van der Waals surface area contributed by atoms with Crippen molar-refractivity contribution in [1.29, 1.82) is 0 Å². The lowest BCUT2D eigenvalue weighted by atomic mass is 10.1. The Morgan fingerprint density at radius 1 is 1.14 bits per heavy atom. The van der Waals surface area contributed by atoms with Crippen LogP contribution in [0.2, 0.25) is 5.02 Å². The van der Waals surface area contributed by atoms with Crippen molar-refractivity contribution < 1.29 is 14.3 Å². The molecule has 3 aromatic rings. The van der Waals surface area contributed by atoms with E-state index in [1.165, 1.54) is 6.08 Å². The van der Waals surface area contributed by atoms with E-state index in [9.17, 15) is 4.79 Å². The predicted octanol–water partition coefficient (Wildman–Crippen LogP) is 4.64. The van der Waals surface area contributed by atoms with Crippen molar-refractivity contribution in [1.82, 2.24) is 9.78 Å². The number of carbonyl (C=O) groups is 1. The molecule has 0 bridgehead atoms. The molecule has 29 heavy (non-hydrogen) atoms. The number of hydrogen-bond donors (Lipinski definition) is 1. The van der Waals surface area contributed by atoms with Crippen LogP contribution in [0, 0.1) is 0 Å². The Balaban J connectivity index is 1.78. The summed E-state index contributed by atoms with van der Waals surface area (Å²) in [4.78, 5) is 12.5. The van der Waals surface area contributed by atoms with Crippen molar-refractivity contribution in [3.05, 3.63) is 77.0 Å². The second-order valence-corrected chi connectivity index (χ2v) is 6.73. The van der Waals surface area contributed by atoms with Gasteiger partial charge in [0.15, 0.2) is 11.5 Å². The van der Waals surface area contributed by atoms with Gasteiger partial charge in [0.1, 0.15) is 5.82 Å². The highest BCUT2D eigenvalue weighted by Crippen LogP contribution is 2.31. The van der Waals surface area contributed by atoms with Gasteiger partial charge in [-0.3, -0.25) is 4.79 Å². The third-order valence-electron chi connectivity index (χ3n) is 4.42. The van der Waals surface area contributed by atoms with Gasteiger partial charge in [-0.25, -0.2) is 4.68 Å². The van der Waals surface area contributed by atoms with E-state index in [1.807, 2.05) is 43.3 Å². The largest absolute Gasteiger partial charge is 0.493 e.